The van der Waals surface area contributed by atoms with Crippen molar-refractivity contribution in [3.63, 3.8) is 0 Å². The van der Waals surface area contributed by atoms with E-state index in [0.717, 1.165) is 41.5 Å². The monoisotopic (exact) mass is 396 g/mol. The van der Waals surface area contributed by atoms with Gasteiger partial charge in [-0.1, -0.05) is 29.8 Å². The van der Waals surface area contributed by atoms with Crippen LogP contribution in [0.25, 0.3) is 16.5 Å². The minimum atomic E-state index is -0.233. The van der Waals surface area contributed by atoms with E-state index in [2.05, 4.69) is 11.1 Å². The molecule has 1 aromatic carbocycles. The van der Waals surface area contributed by atoms with Gasteiger partial charge in [0.15, 0.2) is 0 Å². The van der Waals surface area contributed by atoms with Gasteiger partial charge in [-0.25, -0.2) is 4.98 Å². The molecule has 2 heterocycles. The molecular formula is C22H21ClN2O3. The van der Waals surface area contributed by atoms with Crippen molar-refractivity contribution >= 4 is 34.1 Å². The summed E-state index contributed by atoms with van der Waals surface area (Å²) in [4.78, 5) is 15.7. The highest BCUT2D eigenvalue weighted by Gasteiger charge is 2.18. The number of hydrogen-bond donors (Lipinski definition) is 1. The number of nitrogens with two attached hydrogens (primary N) is 1. The Balaban J connectivity index is 1.46. The molecule has 0 spiro atoms. The van der Waals surface area contributed by atoms with Crippen LogP contribution < -0.4 is 10.5 Å². The Morgan fingerprint density at radius 1 is 1.29 bits per heavy atom. The molecule has 0 radical (unpaired) electrons. The maximum Gasteiger partial charge on any atom is 0.217 e. The van der Waals surface area contributed by atoms with Crippen LogP contribution in [0.1, 0.15) is 36.9 Å². The van der Waals surface area contributed by atoms with E-state index < -0.39 is 0 Å². The number of nitrogens with zero attached hydrogens (tertiary/aromatic N) is 1. The van der Waals surface area contributed by atoms with Gasteiger partial charge in [-0.3, -0.25) is 4.79 Å². The Morgan fingerprint density at radius 3 is 2.96 bits per heavy atom. The van der Waals surface area contributed by atoms with Gasteiger partial charge in [0.25, 0.3) is 0 Å². The third-order valence-corrected chi connectivity index (χ3v) is 5.41. The molecule has 0 saturated carbocycles. The topological polar surface area (TPSA) is 78.4 Å². The second kappa shape index (κ2) is 8.07. The smallest absolute Gasteiger partial charge is 0.217 e. The Kier molecular flexibility index (Phi) is 5.35. The molecule has 2 N–H and O–H groups in total. The maximum atomic E-state index is 11.1. The number of hydrogen-bond acceptors (Lipinski definition) is 4. The van der Waals surface area contributed by atoms with Gasteiger partial charge < -0.3 is 14.9 Å². The molecule has 0 aliphatic heterocycles. The summed E-state index contributed by atoms with van der Waals surface area (Å²) in [7, 11) is 0. The van der Waals surface area contributed by atoms with Crippen molar-refractivity contribution in [2.24, 2.45) is 11.7 Å². The van der Waals surface area contributed by atoms with Gasteiger partial charge in [0.05, 0.1) is 17.0 Å². The van der Waals surface area contributed by atoms with Crippen molar-refractivity contribution in [1.29, 1.82) is 0 Å². The van der Waals surface area contributed by atoms with Crippen molar-refractivity contribution in [3.05, 3.63) is 65.0 Å². The van der Waals surface area contributed by atoms with Crippen molar-refractivity contribution in [3.8, 4) is 5.88 Å². The Hall–Kier alpha value is -2.79. The third-order valence-electron chi connectivity index (χ3n) is 5.08. The number of aromatic nitrogens is 1. The van der Waals surface area contributed by atoms with Crippen LogP contribution in [0.2, 0.25) is 5.02 Å². The molecule has 1 aliphatic carbocycles. The average Bonchev–Trinajstić information content (AvgIpc) is 3.19. The third kappa shape index (κ3) is 4.04. The second-order valence-electron chi connectivity index (χ2n) is 7.06. The zero-order valence-corrected chi connectivity index (χ0v) is 16.1. The van der Waals surface area contributed by atoms with Crippen molar-refractivity contribution in [2.45, 2.75) is 32.3 Å². The summed E-state index contributed by atoms with van der Waals surface area (Å²) in [5, 5.41) is 1.54. The lowest BCUT2D eigenvalue weighted by atomic mass is 9.86. The summed E-state index contributed by atoms with van der Waals surface area (Å²) in [5.41, 5.74) is 9.06. The molecule has 0 saturated heterocycles. The average molecular weight is 397 g/mol. The number of ether oxygens (including phenoxy) is 1. The van der Waals surface area contributed by atoms with Crippen LogP contribution in [0, 0.1) is 5.92 Å². The molecular weight excluding hydrogens is 376 g/mol. The number of fused-ring (bicyclic) bond motifs is 1. The summed E-state index contributed by atoms with van der Waals surface area (Å²) in [6, 6.07) is 11.4. The molecule has 4 rings (SSSR count). The van der Waals surface area contributed by atoms with E-state index in [1.807, 2.05) is 36.4 Å². The van der Waals surface area contributed by atoms with E-state index in [0.29, 0.717) is 29.8 Å². The summed E-state index contributed by atoms with van der Waals surface area (Å²) in [6.45, 7) is 0.345. The van der Waals surface area contributed by atoms with Gasteiger partial charge in [0.2, 0.25) is 11.8 Å². The molecule has 1 unspecified atom stereocenters. The predicted molar refractivity (Wildman–Crippen MR) is 109 cm³/mol. The Labute approximate surface area is 168 Å². The molecule has 28 heavy (non-hydrogen) atoms. The van der Waals surface area contributed by atoms with E-state index >= 15 is 0 Å². The number of primary amides is 1. The lowest BCUT2D eigenvalue weighted by Gasteiger charge is -2.20. The van der Waals surface area contributed by atoms with Crippen LogP contribution in [0.15, 0.2) is 53.2 Å². The van der Waals surface area contributed by atoms with Crippen molar-refractivity contribution < 1.29 is 13.9 Å². The second-order valence-corrected chi connectivity index (χ2v) is 7.47. The first-order valence-corrected chi connectivity index (χ1v) is 9.70. The number of halogens is 1. The number of amides is 1. The van der Waals surface area contributed by atoms with Crippen molar-refractivity contribution in [2.75, 3.05) is 0 Å². The van der Waals surface area contributed by atoms with E-state index in [-0.39, 0.29) is 5.91 Å². The molecule has 0 bridgehead atoms. The first-order chi connectivity index (χ1) is 13.6. The summed E-state index contributed by atoms with van der Waals surface area (Å²) < 4.78 is 11.5. The molecule has 3 aromatic rings. The van der Waals surface area contributed by atoms with Gasteiger partial charge in [0.1, 0.15) is 12.2 Å². The van der Waals surface area contributed by atoms with Crippen LogP contribution in [0.3, 0.4) is 0 Å². The van der Waals surface area contributed by atoms with Gasteiger partial charge in [-0.2, -0.15) is 0 Å². The quantitative estimate of drug-likeness (QED) is 0.627. The number of pyridine rings is 1. The molecule has 1 amide bonds. The van der Waals surface area contributed by atoms with Crippen LogP contribution in [0.5, 0.6) is 5.88 Å². The zero-order chi connectivity index (χ0) is 19.5. The van der Waals surface area contributed by atoms with Gasteiger partial charge in [-0.05, 0) is 49.0 Å². The molecule has 6 heteroatoms. The molecule has 2 aromatic heterocycles. The number of furan rings is 1. The highest BCUT2D eigenvalue weighted by atomic mass is 35.5. The van der Waals surface area contributed by atoms with Gasteiger partial charge in [0, 0.05) is 23.4 Å². The standard InChI is InChI=1S/C22H21ClN2O3/c23-18-9-8-16(22-17(18)10-11-27-22)13-28-21-3-1-2-19(25-21)15-6-4-14(5-7-15)12-20(24)26/h1-3,6,8-11,14H,4-5,7,12-13H2,(H2,24,26). The SMILES string of the molecule is NC(=O)CC1CC=C(c2cccc(OCc3ccc(Cl)c4ccoc34)n2)CC1. The fraction of sp³-hybridized carbons (Fsp3) is 0.273. The van der Waals surface area contributed by atoms with Gasteiger partial charge >= 0.3 is 0 Å². The number of carbonyl (C=O) groups is 1. The number of allylic oxidation sites excluding steroid dienone is 2. The highest BCUT2D eigenvalue weighted by molar-refractivity contribution is 6.35. The summed E-state index contributed by atoms with van der Waals surface area (Å²) >= 11 is 6.19. The molecule has 1 aliphatic rings. The minimum Gasteiger partial charge on any atom is -0.473 e. The van der Waals surface area contributed by atoms with Crippen molar-refractivity contribution in [1.82, 2.24) is 4.98 Å². The van der Waals surface area contributed by atoms with Crippen LogP contribution in [-0.2, 0) is 11.4 Å². The predicted octanol–water partition coefficient (Wildman–Crippen LogP) is 5.12. The van der Waals surface area contributed by atoms with E-state index in [4.69, 9.17) is 26.5 Å². The van der Waals surface area contributed by atoms with Crippen LogP contribution >= 0.6 is 11.6 Å². The lowest BCUT2D eigenvalue weighted by Crippen LogP contribution is -2.17. The fourth-order valence-electron chi connectivity index (χ4n) is 3.62. The Morgan fingerprint density at radius 2 is 2.18 bits per heavy atom. The summed E-state index contributed by atoms with van der Waals surface area (Å²) in [6.07, 6.45) is 6.92. The maximum absolute atomic E-state index is 11.1. The van der Waals surface area contributed by atoms with Crippen LogP contribution in [0.4, 0.5) is 0 Å². The highest BCUT2D eigenvalue weighted by Crippen LogP contribution is 2.32. The molecule has 1 atom stereocenters. The lowest BCUT2D eigenvalue weighted by molar-refractivity contribution is -0.118. The summed E-state index contributed by atoms with van der Waals surface area (Å²) in [5.74, 6) is 0.664. The first kappa shape index (κ1) is 18.6. The fourth-order valence-corrected chi connectivity index (χ4v) is 3.83. The molecule has 144 valence electrons. The largest absolute Gasteiger partial charge is 0.473 e. The number of benzene rings is 1. The molecule has 5 nitrogen and oxygen atoms in total. The minimum absolute atomic E-state index is 0.233. The van der Waals surface area contributed by atoms with E-state index in [1.54, 1.807) is 6.26 Å². The number of carbonyl (C=O) groups excluding carboxylic acids is 1. The van der Waals surface area contributed by atoms with E-state index in [1.165, 1.54) is 5.57 Å². The first-order valence-electron chi connectivity index (χ1n) is 9.32. The van der Waals surface area contributed by atoms with Gasteiger partial charge in [-0.15, -0.1) is 0 Å². The normalized spacial score (nSPS) is 16.8. The zero-order valence-electron chi connectivity index (χ0n) is 15.4. The number of rotatable bonds is 6. The van der Waals surface area contributed by atoms with Crippen LogP contribution in [-0.4, -0.2) is 10.9 Å². The Bertz CT molecular complexity index is 1040. The molecule has 0 fully saturated rings. The van der Waals surface area contributed by atoms with E-state index in [9.17, 15) is 4.79 Å².